The summed E-state index contributed by atoms with van der Waals surface area (Å²) in [5.74, 6) is 0.149. The maximum Gasteiger partial charge on any atom is 0.262 e. The van der Waals surface area contributed by atoms with E-state index in [1.807, 2.05) is 0 Å². The molecule has 2 aromatic heterocycles. The van der Waals surface area contributed by atoms with Crippen LogP contribution in [0.2, 0.25) is 0 Å². The summed E-state index contributed by atoms with van der Waals surface area (Å²) in [6, 6.07) is 21.3. The molecule has 0 atom stereocenters. The van der Waals surface area contributed by atoms with Crippen molar-refractivity contribution in [2.75, 3.05) is 58.1 Å². The minimum Gasteiger partial charge on any atom is -0.369 e. The average molecular weight is 527 g/mol. The average Bonchev–Trinajstić information content (AvgIpc) is 3.28. The van der Waals surface area contributed by atoms with E-state index in [9.17, 15) is 4.79 Å². The van der Waals surface area contributed by atoms with Crippen LogP contribution >= 0.6 is 0 Å². The van der Waals surface area contributed by atoms with E-state index in [2.05, 4.69) is 95.2 Å². The molecule has 0 spiro atoms. The van der Waals surface area contributed by atoms with E-state index < -0.39 is 0 Å². The second-order valence-electron chi connectivity index (χ2n) is 10.8. The van der Waals surface area contributed by atoms with Crippen molar-refractivity contribution in [3.8, 4) is 0 Å². The first-order chi connectivity index (χ1) is 19.1. The lowest BCUT2D eigenvalue weighted by atomic mass is 10.1. The molecule has 0 radical (unpaired) electrons. The van der Waals surface area contributed by atoms with E-state index in [-0.39, 0.29) is 11.5 Å². The zero-order chi connectivity index (χ0) is 26.6. The van der Waals surface area contributed by atoms with Crippen molar-refractivity contribution in [2.45, 2.75) is 26.2 Å². The molecule has 2 saturated heterocycles. The Bertz CT molecular complexity index is 1420. The predicted molar refractivity (Wildman–Crippen MR) is 155 cm³/mol. The summed E-state index contributed by atoms with van der Waals surface area (Å²) in [5, 5.41) is 0.647. The first-order valence-electron chi connectivity index (χ1n) is 14.0. The monoisotopic (exact) mass is 526 g/mol. The molecule has 0 aliphatic carbocycles. The largest absolute Gasteiger partial charge is 0.369 e. The Labute approximate surface area is 229 Å². The number of nitrogen functional groups attached to an aromatic ring is 1. The van der Waals surface area contributed by atoms with E-state index in [1.165, 1.54) is 11.1 Å². The molecule has 6 rings (SSSR count). The molecule has 9 heteroatoms. The lowest BCUT2D eigenvalue weighted by Crippen LogP contribution is -2.46. The Morgan fingerprint density at radius 1 is 0.641 bits per heavy atom. The topological polar surface area (TPSA) is 101 Å². The summed E-state index contributed by atoms with van der Waals surface area (Å²) < 4.78 is 0. The molecular formula is C30H38N8O. The molecule has 2 fully saturated rings. The highest BCUT2D eigenvalue weighted by Gasteiger charge is 2.25. The molecule has 9 nitrogen and oxygen atoms in total. The maximum atomic E-state index is 13.0. The van der Waals surface area contributed by atoms with Gasteiger partial charge in [-0.05, 0) is 11.1 Å². The summed E-state index contributed by atoms with van der Waals surface area (Å²) in [6.07, 6.45) is 0. The van der Waals surface area contributed by atoms with Crippen LogP contribution in [0.15, 0.2) is 65.5 Å². The first-order valence-corrected chi connectivity index (χ1v) is 14.0. The fourth-order valence-corrected chi connectivity index (χ4v) is 5.88. The van der Waals surface area contributed by atoms with Gasteiger partial charge in [-0.3, -0.25) is 29.4 Å². The number of hydrogen-bond acceptors (Lipinski definition) is 7. The molecular weight excluding hydrogens is 488 g/mol. The molecule has 204 valence electrons. The first kappa shape index (κ1) is 25.8. The third kappa shape index (κ3) is 6.23. The van der Waals surface area contributed by atoms with Gasteiger partial charge in [0, 0.05) is 89.8 Å². The molecule has 4 N–H and O–H groups in total. The van der Waals surface area contributed by atoms with Gasteiger partial charge in [-0.25, -0.2) is 0 Å². The van der Waals surface area contributed by atoms with Crippen molar-refractivity contribution in [2.24, 2.45) is 0 Å². The Morgan fingerprint density at radius 3 is 1.62 bits per heavy atom. The van der Waals surface area contributed by atoms with E-state index in [0.717, 1.165) is 89.8 Å². The second-order valence-corrected chi connectivity index (χ2v) is 10.8. The van der Waals surface area contributed by atoms with E-state index in [4.69, 9.17) is 5.73 Å². The van der Waals surface area contributed by atoms with Gasteiger partial charge in [-0.1, -0.05) is 60.7 Å². The number of benzene rings is 2. The van der Waals surface area contributed by atoms with Gasteiger partial charge in [0.25, 0.3) is 5.56 Å². The van der Waals surface area contributed by atoms with Crippen LogP contribution in [0, 0.1) is 0 Å². The summed E-state index contributed by atoms with van der Waals surface area (Å²) in [7, 11) is 0. The molecule has 0 unspecified atom stereocenters. The Morgan fingerprint density at radius 2 is 1.10 bits per heavy atom. The van der Waals surface area contributed by atoms with Crippen molar-refractivity contribution in [3.63, 3.8) is 0 Å². The number of aromatic amines is 2. The molecule has 4 aromatic rings. The van der Waals surface area contributed by atoms with Gasteiger partial charge in [0.05, 0.1) is 5.39 Å². The van der Waals surface area contributed by atoms with Crippen LogP contribution in [0.3, 0.4) is 0 Å². The molecule has 0 bridgehead atoms. The summed E-state index contributed by atoms with van der Waals surface area (Å²) >= 11 is 0. The summed E-state index contributed by atoms with van der Waals surface area (Å²) in [5.41, 5.74) is 11.2. The zero-order valence-corrected chi connectivity index (χ0v) is 22.5. The van der Waals surface area contributed by atoms with Crippen molar-refractivity contribution >= 4 is 17.0 Å². The van der Waals surface area contributed by atoms with Crippen molar-refractivity contribution in [1.29, 1.82) is 0 Å². The van der Waals surface area contributed by atoms with Crippen LogP contribution < -0.4 is 11.3 Å². The number of hydrogen-bond donors (Lipinski definition) is 3. The van der Waals surface area contributed by atoms with Crippen LogP contribution in [0.25, 0.3) is 11.0 Å². The fourth-order valence-electron chi connectivity index (χ4n) is 5.88. The van der Waals surface area contributed by atoms with Crippen molar-refractivity contribution in [1.82, 2.24) is 34.6 Å². The smallest absolute Gasteiger partial charge is 0.262 e. The van der Waals surface area contributed by atoms with Gasteiger partial charge in [-0.2, -0.15) is 4.98 Å². The number of nitrogens with zero attached hydrogens (tertiary/aromatic N) is 5. The number of fused-ring (bicyclic) bond motifs is 1. The van der Waals surface area contributed by atoms with Gasteiger partial charge in [0.2, 0.25) is 5.95 Å². The lowest BCUT2D eigenvalue weighted by Gasteiger charge is -2.36. The number of anilines is 1. The van der Waals surface area contributed by atoms with Crippen LogP contribution in [-0.4, -0.2) is 86.9 Å². The fraction of sp³-hybridized carbons (Fsp3) is 0.400. The highest BCUT2D eigenvalue weighted by molar-refractivity contribution is 5.81. The Hall–Kier alpha value is -3.50. The minimum atomic E-state index is -0.162. The number of rotatable bonds is 8. The molecule has 2 aromatic carbocycles. The van der Waals surface area contributed by atoms with Gasteiger partial charge in [0.1, 0.15) is 5.65 Å². The molecule has 2 aliphatic rings. The van der Waals surface area contributed by atoms with E-state index in [1.54, 1.807) is 0 Å². The molecule has 0 amide bonds. The van der Waals surface area contributed by atoms with Crippen molar-refractivity contribution in [3.05, 3.63) is 93.4 Å². The third-order valence-electron chi connectivity index (χ3n) is 8.06. The lowest BCUT2D eigenvalue weighted by molar-refractivity contribution is 0.116. The van der Waals surface area contributed by atoms with Crippen LogP contribution in [0.5, 0.6) is 0 Å². The normalized spacial score (nSPS) is 18.2. The van der Waals surface area contributed by atoms with Crippen molar-refractivity contribution < 1.29 is 0 Å². The van der Waals surface area contributed by atoms with E-state index >= 15 is 0 Å². The molecule has 0 saturated carbocycles. The molecule has 39 heavy (non-hydrogen) atoms. The van der Waals surface area contributed by atoms with E-state index in [0.29, 0.717) is 11.0 Å². The summed E-state index contributed by atoms with van der Waals surface area (Å²) in [6.45, 7) is 11.5. The van der Waals surface area contributed by atoms with Gasteiger partial charge < -0.3 is 10.7 Å². The number of aromatic nitrogens is 3. The maximum absolute atomic E-state index is 13.0. The van der Waals surface area contributed by atoms with Gasteiger partial charge in [0.15, 0.2) is 0 Å². The van der Waals surface area contributed by atoms with Crippen LogP contribution in [0.1, 0.15) is 22.4 Å². The predicted octanol–water partition coefficient (Wildman–Crippen LogP) is 2.47. The Balaban J connectivity index is 1.12. The minimum absolute atomic E-state index is 0.149. The molecule has 2 aliphatic heterocycles. The quantitative estimate of drug-likeness (QED) is 0.324. The van der Waals surface area contributed by atoms with Gasteiger partial charge in [-0.15, -0.1) is 0 Å². The standard InChI is InChI=1S/C30H38N8O/c31-30-33-28-27(29(39)34-30)25(21-37-15-11-35(12-16-37)19-23-7-3-1-4-8-23)26(32-28)22-38-17-13-36(14-18-38)20-24-9-5-2-6-10-24/h1-10H,11-22H2,(H4,31,32,33,34,39). The van der Waals surface area contributed by atoms with Crippen LogP contribution in [-0.2, 0) is 26.2 Å². The highest BCUT2D eigenvalue weighted by atomic mass is 16.1. The number of piperazine rings is 2. The highest BCUT2D eigenvalue weighted by Crippen LogP contribution is 2.23. The SMILES string of the molecule is Nc1nc2[nH]c(CN3CCN(Cc4ccccc4)CC3)c(CN3CCN(Cc4ccccc4)CC3)c2c(=O)[nH]1. The summed E-state index contributed by atoms with van der Waals surface area (Å²) in [4.78, 5) is 33.6. The number of nitrogens with one attached hydrogen (secondary N) is 2. The number of H-pyrrole nitrogens is 2. The molecule has 4 heterocycles. The van der Waals surface area contributed by atoms with Crippen LogP contribution in [0.4, 0.5) is 5.95 Å². The van der Waals surface area contributed by atoms with Gasteiger partial charge >= 0.3 is 0 Å². The Kier molecular flexibility index (Phi) is 7.74. The zero-order valence-electron chi connectivity index (χ0n) is 22.5. The number of nitrogens with two attached hydrogens (primary N) is 1. The second kappa shape index (κ2) is 11.7. The third-order valence-corrected chi connectivity index (χ3v) is 8.06.